The Morgan fingerprint density at radius 1 is 1.00 bits per heavy atom. The summed E-state index contributed by atoms with van der Waals surface area (Å²) in [4.78, 5) is 40.4. The van der Waals surface area contributed by atoms with E-state index in [0.29, 0.717) is 55.6 Å². The van der Waals surface area contributed by atoms with Crippen LogP contribution in [0.5, 0.6) is 0 Å². The molecule has 2 aromatic carbocycles. The minimum Gasteiger partial charge on any atom is -0.348 e. The third-order valence-electron chi connectivity index (χ3n) is 6.02. The van der Waals surface area contributed by atoms with Gasteiger partial charge in [0.15, 0.2) is 5.69 Å². The summed E-state index contributed by atoms with van der Waals surface area (Å²) in [5.41, 5.74) is 0.967. The van der Waals surface area contributed by atoms with E-state index >= 15 is 0 Å². The number of carbonyl (C=O) groups is 2. The van der Waals surface area contributed by atoms with Crippen LogP contribution in [0.15, 0.2) is 59.4 Å². The lowest BCUT2D eigenvalue weighted by Gasteiger charge is -2.32. The van der Waals surface area contributed by atoms with Crippen molar-refractivity contribution in [2.45, 2.75) is 45.7 Å². The molecule has 33 heavy (non-hydrogen) atoms. The Bertz CT molecular complexity index is 1200. The van der Waals surface area contributed by atoms with Crippen LogP contribution in [0.4, 0.5) is 0 Å². The SMILES string of the molecule is CC(C)CC(=O)N1CCC(NC(=O)c2nn(Cc3ccccc3)c(=O)c3ccccc23)CC1. The molecule has 0 radical (unpaired) electrons. The highest BCUT2D eigenvalue weighted by atomic mass is 16.2. The molecule has 0 saturated carbocycles. The van der Waals surface area contributed by atoms with E-state index < -0.39 is 0 Å². The van der Waals surface area contributed by atoms with Gasteiger partial charge in [-0.1, -0.05) is 62.4 Å². The van der Waals surface area contributed by atoms with Gasteiger partial charge < -0.3 is 10.2 Å². The highest BCUT2D eigenvalue weighted by Gasteiger charge is 2.26. The van der Waals surface area contributed by atoms with Gasteiger partial charge in [0, 0.05) is 30.9 Å². The van der Waals surface area contributed by atoms with Crippen molar-refractivity contribution in [3.8, 4) is 0 Å². The molecule has 1 aromatic heterocycles. The predicted octanol–water partition coefficient (Wildman–Crippen LogP) is 3.21. The highest BCUT2D eigenvalue weighted by Crippen LogP contribution is 2.17. The van der Waals surface area contributed by atoms with Gasteiger partial charge >= 0.3 is 0 Å². The standard InChI is InChI=1S/C26H30N4O3/c1-18(2)16-23(31)29-14-12-20(13-15-29)27-25(32)24-21-10-6-7-11-22(21)26(33)30(28-24)17-19-8-4-3-5-9-19/h3-11,18,20H,12-17H2,1-2H3,(H,27,32). The summed E-state index contributed by atoms with van der Waals surface area (Å²) in [6.07, 6.45) is 1.96. The molecule has 1 saturated heterocycles. The molecule has 1 fully saturated rings. The minimum atomic E-state index is -0.292. The van der Waals surface area contributed by atoms with Gasteiger partial charge in [0.05, 0.1) is 11.9 Å². The van der Waals surface area contributed by atoms with Crippen LogP contribution in [0.25, 0.3) is 10.8 Å². The number of aromatic nitrogens is 2. The fourth-order valence-electron chi connectivity index (χ4n) is 4.27. The number of nitrogens with zero attached hydrogens (tertiary/aromatic N) is 3. The maximum absolute atomic E-state index is 13.2. The first-order chi connectivity index (χ1) is 15.9. The monoisotopic (exact) mass is 446 g/mol. The third-order valence-corrected chi connectivity index (χ3v) is 6.02. The zero-order valence-corrected chi connectivity index (χ0v) is 19.2. The van der Waals surface area contributed by atoms with Gasteiger partial charge in [-0.3, -0.25) is 14.4 Å². The van der Waals surface area contributed by atoms with Gasteiger partial charge in [0.2, 0.25) is 5.91 Å². The number of fused-ring (bicyclic) bond motifs is 1. The number of hydrogen-bond acceptors (Lipinski definition) is 4. The van der Waals surface area contributed by atoms with Crippen LogP contribution >= 0.6 is 0 Å². The molecule has 0 spiro atoms. The van der Waals surface area contributed by atoms with Crippen LogP contribution < -0.4 is 10.9 Å². The van der Waals surface area contributed by atoms with E-state index in [0.717, 1.165) is 5.56 Å². The maximum atomic E-state index is 13.2. The van der Waals surface area contributed by atoms with Crippen molar-refractivity contribution < 1.29 is 9.59 Å². The Balaban J connectivity index is 1.53. The quantitative estimate of drug-likeness (QED) is 0.630. The summed E-state index contributed by atoms with van der Waals surface area (Å²) in [5.74, 6) is 0.219. The van der Waals surface area contributed by atoms with Crippen LogP contribution in [0.3, 0.4) is 0 Å². The Kier molecular flexibility index (Phi) is 6.87. The molecule has 1 N–H and O–H groups in total. The second kappa shape index (κ2) is 9.98. The normalized spacial score (nSPS) is 14.6. The van der Waals surface area contributed by atoms with E-state index in [1.807, 2.05) is 49.1 Å². The van der Waals surface area contributed by atoms with Crippen molar-refractivity contribution in [1.82, 2.24) is 20.0 Å². The fraction of sp³-hybridized carbons (Fsp3) is 0.385. The summed E-state index contributed by atoms with van der Waals surface area (Å²) >= 11 is 0. The first-order valence-corrected chi connectivity index (χ1v) is 11.5. The molecule has 7 nitrogen and oxygen atoms in total. The van der Waals surface area contributed by atoms with Gasteiger partial charge in [-0.15, -0.1) is 0 Å². The molecular weight excluding hydrogens is 416 g/mol. The molecular formula is C26H30N4O3. The van der Waals surface area contributed by atoms with Crippen molar-refractivity contribution in [2.75, 3.05) is 13.1 Å². The first-order valence-electron chi connectivity index (χ1n) is 11.5. The predicted molar refractivity (Wildman–Crippen MR) is 128 cm³/mol. The lowest BCUT2D eigenvalue weighted by molar-refractivity contribution is -0.133. The maximum Gasteiger partial charge on any atom is 0.274 e. The number of carbonyl (C=O) groups excluding carboxylic acids is 2. The van der Waals surface area contributed by atoms with E-state index in [-0.39, 0.29) is 29.1 Å². The average Bonchev–Trinajstić information content (AvgIpc) is 2.81. The second-order valence-corrected chi connectivity index (χ2v) is 9.07. The molecule has 3 aromatic rings. The molecule has 1 aliphatic heterocycles. The van der Waals surface area contributed by atoms with Crippen LogP contribution in [0, 0.1) is 5.92 Å². The Labute approximate surface area is 193 Å². The van der Waals surface area contributed by atoms with E-state index in [9.17, 15) is 14.4 Å². The lowest BCUT2D eigenvalue weighted by atomic mass is 10.0. The molecule has 4 rings (SSSR count). The molecule has 172 valence electrons. The average molecular weight is 447 g/mol. The van der Waals surface area contributed by atoms with Crippen molar-refractivity contribution in [3.05, 3.63) is 76.2 Å². The smallest absolute Gasteiger partial charge is 0.274 e. The van der Waals surface area contributed by atoms with Gasteiger partial charge in [0.25, 0.3) is 11.5 Å². The fourth-order valence-corrected chi connectivity index (χ4v) is 4.27. The Morgan fingerprint density at radius 3 is 2.30 bits per heavy atom. The topological polar surface area (TPSA) is 84.3 Å². The molecule has 1 aliphatic rings. The van der Waals surface area contributed by atoms with Crippen LogP contribution in [-0.2, 0) is 11.3 Å². The number of piperidine rings is 1. The van der Waals surface area contributed by atoms with E-state index in [1.54, 1.807) is 24.3 Å². The van der Waals surface area contributed by atoms with E-state index in [1.165, 1.54) is 4.68 Å². The Hall–Kier alpha value is -3.48. The molecule has 2 heterocycles. The largest absolute Gasteiger partial charge is 0.348 e. The number of likely N-dealkylation sites (tertiary alicyclic amines) is 1. The van der Waals surface area contributed by atoms with Crippen LogP contribution in [-0.4, -0.2) is 45.6 Å². The van der Waals surface area contributed by atoms with Crippen LogP contribution in [0.2, 0.25) is 0 Å². The molecule has 0 aliphatic carbocycles. The van der Waals surface area contributed by atoms with Crippen molar-refractivity contribution in [3.63, 3.8) is 0 Å². The summed E-state index contributed by atoms with van der Waals surface area (Å²) in [7, 11) is 0. The number of hydrogen-bond donors (Lipinski definition) is 1. The Morgan fingerprint density at radius 2 is 1.64 bits per heavy atom. The third kappa shape index (κ3) is 5.30. The molecule has 2 amide bonds. The lowest BCUT2D eigenvalue weighted by Crippen LogP contribution is -2.47. The minimum absolute atomic E-state index is 0.0318. The summed E-state index contributed by atoms with van der Waals surface area (Å²) in [6.45, 7) is 5.65. The van der Waals surface area contributed by atoms with Crippen LogP contribution in [0.1, 0.15) is 49.2 Å². The highest BCUT2D eigenvalue weighted by molar-refractivity contribution is 6.04. The van der Waals surface area contributed by atoms with Crippen molar-refractivity contribution in [1.29, 1.82) is 0 Å². The summed E-state index contributed by atoms with van der Waals surface area (Å²) in [6, 6.07) is 16.7. The summed E-state index contributed by atoms with van der Waals surface area (Å²) in [5, 5.41) is 8.57. The zero-order chi connectivity index (χ0) is 23.4. The van der Waals surface area contributed by atoms with Gasteiger partial charge in [-0.05, 0) is 30.4 Å². The molecule has 0 unspecified atom stereocenters. The van der Waals surface area contributed by atoms with Gasteiger partial charge in [-0.2, -0.15) is 5.10 Å². The van der Waals surface area contributed by atoms with E-state index in [2.05, 4.69) is 10.4 Å². The first kappa shape index (κ1) is 22.7. The zero-order valence-electron chi connectivity index (χ0n) is 19.2. The van der Waals surface area contributed by atoms with Gasteiger partial charge in [-0.25, -0.2) is 4.68 Å². The number of amides is 2. The van der Waals surface area contributed by atoms with E-state index in [4.69, 9.17) is 0 Å². The molecule has 0 bridgehead atoms. The molecule has 0 atom stereocenters. The van der Waals surface area contributed by atoms with Crippen molar-refractivity contribution in [2.24, 2.45) is 5.92 Å². The molecule has 7 heteroatoms. The number of nitrogens with one attached hydrogen (secondary N) is 1. The van der Waals surface area contributed by atoms with Crippen molar-refractivity contribution >= 4 is 22.6 Å². The second-order valence-electron chi connectivity index (χ2n) is 9.07. The number of benzene rings is 2. The summed E-state index contributed by atoms with van der Waals surface area (Å²) < 4.78 is 1.36. The van der Waals surface area contributed by atoms with Gasteiger partial charge in [0.1, 0.15) is 0 Å². The number of rotatable bonds is 6.